The van der Waals surface area contributed by atoms with E-state index in [0.29, 0.717) is 12.1 Å². The molecule has 2 aromatic heterocycles. The molecule has 0 aliphatic heterocycles. The zero-order valence-electron chi connectivity index (χ0n) is 11.7. The monoisotopic (exact) mass is 288 g/mol. The summed E-state index contributed by atoms with van der Waals surface area (Å²) in [6.07, 6.45) is 7.17. The lowest BCUT2D eigenvalue weighted by Gasteiger charge is -2.28. The first-order chi connectivity index (χ1) is 10.2. The summed E-state index contributed by atoms with van der Waals surface area (Å²) in [6, 6.07) is 6.58. The summed E-state index contributed by atoms with van der Waals surface area (Å²) in [5.74, 6) is 0.0566. The molecule has 0 atom stereocenters. The number of nitrogens with zero attached hydrogens (tertiary/aromatic N) is 2. The van der Waals surface area contributed by atoms with Crippen molar-refractivity contribution in [1.82, 2.24) is 9.88 Å². The molecule has 1 saturated carbocycles. The minimum Gasteiger partial charge on any atom is -0.467 e. The molecule has 0 radical (unpaired) electrons. The molecule has 1 aliphatic carbocycles. The van der Waals surface area contributed by atoms with Gasteiger partial charge in [-0.05, 0) is 37.1 Å². The van der Waals surface area contributed by atoms with Crippen LogP contribution in [0, 0.1) is 5.95 Å². The van der Waals surface area contributed by atoms with Crippen LogP contribution >= 0.6 is 0 Å². The van der Waals surface area contributed by atoms with Crippen LogP contribution in [0.2, 0.25) is 0 Å². The molecule has 1 fully saturated rings. The largest absolute Gasteiger partial charge is 0.467 e. The Hall–Kier alpha value is -2.17. The molecule has 3 rings (SSSR count). The van der Waals surface area contributed by atoms with Gasteiger partial charge in [-0.3, -0.25) is 4.79 Å². The number of carbonyl (C=O) groups excluding carboxylic acids is 1. The quantitative estimate of drug-likeness (QED) is 0.810. The molecule has 1 aliphatic rings. The van der Waals surface area contributed by atoms with E-state index in [9.17, 15) is 9.18 Å². The molecule has 2 aromatic rings. The number of aromatic nitrogens is 1. The Kier molecular flexibility index (Phi) is 3.99. The minimum atomic E-state index is -0.579. The van der Waals surface area contributed by atoms with E-state index < -0.39 is 5.95 Å². The van der Waals surface area contributed by atoms with Gasteiger partial charge in [0.15, 0.2) is 0 Å². The molecule has 0 bridgehead atoms. The lowest BCUT2D eigenvalue weighted by atomic mass is 10.1. The van der Waals surface area contributed by atoms with Gasteiger partial charge >= 0.3 is 0 Å². The third-order valence-corrected chi connectivity index (χ3v) is 3.91. The average Bonchev–Trinajstić information content (AvgIpc) is 3.18. The summed E-state index contributed by atoms with van der Waals surface area (Å²) >= 11 is 0. The molecular formula is C16H17FN2O2. The number of halogens is 1. The highest BCUT2D eigenvalue weighted by atomic mass is 19.1. The van der Waals surface area contributed by atoms with Crippen molar-refractivity contribution in [2.24, 2.45) is 0 Å². The Labute approximate surface area is 122 Å². The Morgan fingerprint density at radius 3 is 2.76 bits per heavy atom. The first-order valence-corrected chi connectivity index (χ1v) is 7.19. The van der Waals surface area contributed by atoms with Crippen LogP contribution in [0.15, 0.2) is 41.1 Å². The topological polar surface area (TPSA) is 46.3 Å². The lowest BCUT2D eigenvalue weighted by molar-refractivity contribution is 0.0648. The summed E-state index contributed by atoms with van der Waals surface area (Å²) in [5.41, 5.74) is 0.412. The number of furan rings is 1. The van der Waals surface area contributed by atoms with Crippen LogP contribution < -0.4 is 0 Å². The fraction of sp³-hybridized carbons (Fsp3) is 0.375. The Balaban J connectivity index is 1.83. The van der Waals surface area contributed by atoms with Crippen LogP contribution in [0.4, 0.5) is 4.39 Å². The highest BCUT2D eigenvalue weighted by Crippen LogP contribution is 2.26. The normalized spacial score (nSPS) is 15.3. The third kappa shape index (κ3) is 3.12. The maximum Gasteiger partial charge on any atom is 0.256 e. The molecule has 5 heteroatoms. The van der Waals surface area contributed by atoms with Gasteiger partial charge in [-0.1, -0.05) is 12.8 Å². The number of rotatable bonds is 4. The van der Waals surface area contributed by atoms with Crippen molar-refractivity contribution >= 4 is 5.91 Å². The van der Waals surface area contributed by atoms with E-state index in [0.717, 1.165) is 31.4 Å². The Bertz CT molecular complexity index is 589. The fourth-order valence-corrected chi connectivity index (χ4v) is 2.82. The van der Waals surface area contributed by atoms with Gasteiger partial charge in [0, 0.05) is 12.2 Å². The van der Waals surface area contributed by atoms with E-state index >= 15 is 0 Å². The molecule has 1 amide bonds. The van der Waals surface area contributed by atoms with Crippen molar-refractivity contribution in [2.75, 3.05) is 0 Å². The van der Waals surface area contributed by atoms with E-state index in [4.69, 9.17) is 4.42 Å². The SMILES string of the molecule is O=C(c1ccc(F)nc1)N(Cc1ccco1)C1CCCC1. The maximum atomic E-state index is 12.9. The molecule has 0 spiro atoms. The smallest absolute Gasteiger partial charge is 0.256 e. The van der Waals surface area contributed by atoms with Gasteiger partial charge in [0.05, 0.1) is 18.4 Å². The average molecular weight is 288 g/mol. The minimum absolute atomic E-state index is 0.120. The first kappa shape index (κ1) is 13.8. The maximum absolute atomic E-state index is 12.9. The molecule has 2 heterocycles. The summed E-state index contributed by atoms with van der Waals surface area (Å²) in [7, 11) is 0. The van der Waals surface area contributed by atoms with Crippen molar-refractivity contribution in [3.63, 3.8) is 0 Å². The van der Waals surface area contributed by atoms with Gasteiger partial charge in [-0.25, -0.2) is 4.98 Å². The second-order valence-corrected chi connectivity index (χ2v) is 5.32. The number of carbonyl (C=O) groups is 1. The van der Waals surface area contributed by atoms with Crippen molar-refractivity contribution in [1.29, 1.82) is 0 Å². The van der Waals surface area contributed by atoms with E-state index in [-0.39, 0.29) is 11.9 Å². The molecule has 0 aromatic carbocycles. The number of amides is 1. The van der Waals surface area contributed by atoms with Crippen molar-refractivity contribution < 1.29 is 13.6 Å². The molecule has 0 unspecified atom stereocenters. The third-order valence-electron chi connectivity index (χ3n) is 3.91. The number of pyridine rings is 1. The van der Waals surface area contributed by atoms with Crippen LogP contribution in [-0.4, -0.2) is 21.8 Å². The van der Waals surface area contributed by atoms with E-state index in [1.807, 2.05) is 17.0 Å². The van der Waals surface area contributed by atoms with E-state index in [1.54, 1.807) is 6.26 Å². The zero-order valence-corrected chi connectivity index (χ0v) is 11.7. The van der Waals surface area contributed by atoms with Gasteiger partial charge in [-0.15, -0.1) is 0 Å². The molecular weight excluding hydrogens is 271 g/mol. The zero-order chi connectivity index (χ0) is 14.7. The standard InChI is InChI=1S/C16H17FN2O2/c17-15-8-7-12(10-18-15)16(20)19(13-4-1-2-5-13)11-14-6-3-9-21-14/h3,6-10,13H,1-2,4-5,11H2. The Morgan fingerprint density at radius 1 is 1.33 bits per heavy atom. The molecule has 4 nitrogen and oxygen atoms in total. The predicted molar refractivity (Wildman–Crippen MR) is 75.0 cm³/mol. The van der Waals surface area contributed by atoms with Crippen LogP contribution in [0.5, 0.6) is 0 Å². The van der Waals surface area contributed by atoms with Crippen molar-refractivity contribution in [2.45, 2.75) is 38.3 Å². The highest BCUT2D eigenvalue weighted by molar-refractivity contribution is 5.94. The summed E-state index contributed by atoms with van der Waals surface area (Å²) in [6.45, 7) is 0.438. The molecule has 21 heavy (non-hydrogen) atoms. The van der Waals surface area contributed by atoms with Crippen LogP contribution in [0.25, 0.3) is 0 Å². The second-order valence-electron chi connectivity index (χ2n) is 5.32. The van der Waals surface area contributed by atoms with Gasteiger partial charge in [0.2, 0.25) is 5.95 Å². The van der Waals surface area contributed by atoms with Crippen LogP contribution in [0.1, 0.15) is 41.8 Å². The molecule has 110 valence electrons. The van der Waals surface area contributed by atoms with Gasteiger partial charge in [0.1, 0.15) is 5.76 Å². The van der Waals surface area contributed by atoms with Gasteiger partial charge in [0.25, 0.3) is 5.91 Å². The summed E-state index contributed by atoms with van der Waals surface area (Å²) in [5, 5.41) is 0. The number of hydrogen-bond donors (Lipinski definition) is 0. The van der Waals surface area contributed by atoms with E-state index in [2.05, 4.69) is 4.98 Å². The van der Waals surface area contributed by atoms with Gasteiger partial charge < -0.3 is 9.32 Å². The summed E-state index contributed by atoms with van der Waals surface area (Å²) < 4.78 is 18.3. The fourth-order valence-electron chi connectivity index (χ4n) is 2.82. The summed E-state index contributed by atoms with van der Waals surface area (Å²) in [4.78, 5) is 18.1. The Morgan fingerprint density at radius 2 is 2.14 bits per heavy atom. The van der Waals surface area contributed by atoms with Crippen molar-refractivity contribution in [3.8, 4) is 0 Å². The highest BCUT2D eigenvalue weighted by Gasteiger charge is 2.28. The van der Waals surface area contributed by atoms with E-state index in [1.165, 1.54) is 18.3 Å². The molecule has 0 N–H and O–H groups in total. The van der Waals surface area contributed by atoms with Crippen molar-refractivity contribution in [3.05, 3.63) is 54.0 Å². The van der Waals surface area contributed by atoms with Crippen LogP contribution in [-0.2, 0) is 6.54 Å². The second kappa shape index (κ2) is 6.08. The number of hydrogen-bond acceptors (Lipinski definition) is 3. The van der Waals surface area contributed by atoms with Crippen LogP contribution in [0.3, 0.4) is 0 Å². The molecule has 0 saturated heterocycles. The first-order valence-electron chi connectivity index (χ1n) is 7.19. The lowest BCUT2D eigenvalue weighted by Crippen LogP contribution is -2.38. The van der Waals surface area contributed by atoms with Gasteiger partial charge in [-0.2, -0.15) is 4.39 Å². The predicted octanol–water partition coefficient (Wildman–Crippen LogP) is 3.40.